The lowest BCUT2D eigenvalue weighted by molar-refractivity contribution is 0.0771. The van der Waals surface area contributed by atoms with E-state index in [9.17, 15) is 4.79 Å². The molecule has 0 bridgehead atoms. The first-order valence-electron chi connectivity index (χ1n) is 9.15. The number of carbonyl (C=O) groups is 1. The molecule has 3 aromatic rings. The number of aromatic nitrogens is 4. The van der Waals surface area contributed by atoms with Crippen LogP contribution in [0.1, 0.15) is 16.8 Å². The average Bonchev–Trinajstić information content (AvgIpc) is 3.40. The maximum Gasteiger partial charge on any atom is 0.254 e. The van der Waals surface area contributed by atoms with Crippen LogP contribution in [-0.2, 0) is 0 Å². The smallest absolute Gasteiger partial charge is 0.254 e. The number of amides is 1. The van der Waals surface area contributed by atoms with Crippen LogP contribution in [0.25, 0.3) is 5.69 Å². The van der Waals surface area contributed by atoms with Crippen LogP contribution in [0, 0.1) is 0 Å². The van der Waals surface area contributed by atoms with Crippen molar-refractivity contribution in [3.8, 4) is 11.6 Å². The van der Waals surface area contributed by atoms with Gasteiger partial charge in [0.15, 0.2) is 5.82 Å². The molecule has 1 saturated heterocycles. The molecular formula is C20H22N6O2. The van der Waals surface area contributed by atoms with E-state index in [-0.39, 0.29) is 12.0 Å². The van der Waals surface area contributed by atoms with Gasteiger partial charge in [-0.3, -0.25) is 9.78 Å². The van der Waals surface area contributed by atoms with Crippen molar-refractivity contribution < 1.29 is 9.53 Å². The van der Waals surface area contributed by atoms with Crippen LogP contribution in [-0.4, -0.2) is 63.8 Å². The summed E-state index contributed by atoms with van der Waals surface area (Å²) in [4.78, 5) is 25.2. The van der Waals surface area contributed by atoms with Crippen molar-refractivity contribution in [1.29, 1.82) is 0 Å². The molecule has 1 unspecified atom stereocenters. The van der Waals surface area contributed by atoms with E-state index in [1.165, 1.54) is 0 Å². The van der Waals surface area contributed by atoms with E-state index < -0.39 is 0 Å². The summed E-state index contributed by atoms with van der Waals surface area (Å²) >= 11 is 0. The van der Waals surface area contributed by atoms with E-state index in [0.29, 0.717) is 24.5 Å². The topological polar surface area (TPSA) is 76.4 Å². The fraction of sp³-hybridized carbons (Fsp3) is 0.300. The number of carbonyl (C=O) groups excluding carboxylic acids is 1. The molecule has 0 N–H and O–H groups in total. The second kappa shape index (κ2) is 7.67. The third kappa shape index (κ3) is 3.80. The highest BCUT2D eigenvalue weighted by Crippen LogP contribution is 2.20. The molecule has 1 amide bonds. The number of rotatable bonds is 5. The van der Waals surface area contributed by atoms with Crippen molar-refractivity contribution in [1.82, 2.24) is 24.6 Å². The van der Waals surface area contributed by atoms with Crippen LogP contribution in [0.3, 0.4) is 0 Å². The molecule has 8 heteroatoms. The fourth-order valence-electron chi connectivity index (χ4n) is 3.18. The average molecular weight is 378 g/mol. The summed E-state index contributed by atoms with van der Waals surface area (Å²) in [6.45, 7) is 1.18. The van der Waals surface area contributed by atoms with Crippen molar-refractivity contribution in [3.05, 3.63) is 60.7 Å². The number of ether oxygens (including phenoxy) is 1. The van der Waals surface area contributed by atoms with Crippen molar-refractivity contribution in [2.24, 2.45) is 0 Å². The Morgan fingerprint density at radius 1 is 1.25 bits per heavy atom. The lowest BCUT2D eigenvalue weighted by atomic mass is 10.2. The molecule has 0 spiro atoms. The van der Waals surface area contributed by atoms with Gasteiger partial charge in [-0.05, 0) is 24.3 Å². The van der Waals surface area contributed by atoms with E-state index >= 15 is 0 Å². The highest BCUT2D eigenvalue weighted by molar-refractivity contribution is 5.95. The first kappa shape index (κ1) is 18.0. The molecule has 1 fully saturated rings. The molecule has 28 heavy (non-hydrogen) atoms. The van der Waals surface area contributed by atoms with Crippen LogP contribution in [0.5, 0.6) is 5.88 Å². The molecular weight excluding hydrogens is 356 g/mol. The monoisotopic (exact) mass is 378 g/mol. The highest BCUT2D eigenvalue weighted by atomic mass is 16.5. The molecule has 1 aliphatic heterocycles. The predicted molar refractivity (Wildman–Crippen MR) is 105 cm³/mol. The van der Waals surface area contributed by atoms with E-state index in [0.717, 1.165) is 17.9 Å². The van der Waals surface area contributed by atoms with E-state index in [2.05, 4.69) is 15.1 Å². The summed E-state index contributed by atoms with van der Waals surface area (Å²) in [5.41, 5.74) is 1.50. The van der Waals surface area contributed by atoms with Crippen molar-refractivity contribution in [3.63, 3.8) is 0 Å². The Morgan fingerprint density at radius 2 is 2.14 bits per heavy atom. The molecule has 1 atom stereocenters. The van der Waals surface area contributed by atoms with Crippen LogP contribution in [0.15, 0.2) is 55.1 Å². The Kier molecular flexibility index (Phi) is 4.92. The van der Waals surface area contributed by atoms with Crippen molar-refractivity contribution in [2.75, 3.05) is 32.1 Å². The van der Waals surface area contributed by atoms with Gasteiger partial charge < -0.3 is 14.5 Å². The largest absolute Gasteiger partial charge is 0.471 e. The fourth-order valence-corrected chi connectivity index (χ4v) is 3.18. The zero-order valence-electron chi connectivity index (χ0n) is 15.9. The third-order valence-electron chi connectivity index (χ3n) is 4.64. The number of nitrogens with zero attached hydrogens (tertiary/aromatic N) is 6. The predicted octanol–water partition coefficient (Wildman–Crippen LogP) is 2.02. The van der Waals surface area contributed by atoms with E-state index in [1.54, 1.807) is 23.3 Å². The zero-order chi connectivity index (χ0) is 19.5. The molecule has 0 aliphatic carbocycles. The summed E-state index contributed by atoms with van der Waals surface area (Å²) in [5, 5.41) is 4.22. The lowest BCUT2D eigenvalue weighted by Crippen LogP contribution is -2.31. The van der Waals surface area contributed by atoms with Crippen molar-refractivity contribution in [2.45, 2.75) is 12.5 Å². The number of hydrogen-bond acceptors (Lipinski definition) is 6. The summed E-state index contributed by atoms with van der Waals surface area (Å²) in [7, 11) is 3.81. The van der Waals surface area contributed by atoms with Crippen LogP contribution in [0.4, 0.5) is 5.82 Å². The maximum absolute atomic E-state index is 12.9. The van der Waals surface area contributed by atoms with Crippen molar-refractivity contribution >= 4 is 11.7 Å². The minimum atomic E-state index is -0.0926. The van der Waals surface area contributed by atoms with Gasteiger partial charge in [-0.2, -0.15) is 10.1 Å². The summed E-state index contributed by atoms with van der Waals surface area (Å²) < 4.78 is 7.70. The lowest BCUT2D eigenvalue weighted by Gasteiger charge is -2.18. The Morgan fingerprint density at radius 3 is 2.93 bits per heavy atom. The van der Waals surface area contributed by atoms with Crippen LogP contribution >= 0.6 is 0 Å². The zero-order valence-corrected chi connectivity index (χ0v) is 15.9. The van der Waals surface area contributed by atoms with E-state index in [1.807, 2.05) is 60.4 Å². The number of likely N-dealkylation sites (tertiary alicyclic amines) is 1. The molecule has 1 aromatic carbocycles. The molecule has 4 rings (SSSR count). The molecule has 0 saturated carbocycles. The molecule has 144 valence electrons. The van der Waals surface area contributed by atoms with Crippen LogP contribution < -0.4 is 9.64 Å². The van der Waals surface area contributed by atoms with Gasteiger partial charge in [0.2, 0.25) is 5.88 Å². The van der Waals surface area contributed by atoms with Gasteiger partial charge in [-0.25, -0.2) is 4.68 Å². The second-order valence-corrected chi connectivity index (χ2v) is 6.89. The SMILES string of the molecule is CN(C)c1cncc(OC2CCN(C(=O)c3cccc(-n4cccn4)c3)C2)n1. The van der Waals surface area contributed by atoms with Gasteiger partial charge in [-0.1, -0.05) is 6.07 Å². The third-order valence-corrected chi connectivity index (χ3v) is 4.64. The van der Waals surface area contributed by atoms with E-state index in [4.69, 9.17) is 4.74 Å². The Bertz CT molecular complexity index is 957. The molecule has 8 nitrogen and oxygen atoms in total. The minimum absolute atomic E-state index is 0.00627. The normalized spacial score (nSPS) is 16.2. The van der Waals surface area contributed by atoms with Gasteiger partial charge in [0.25, 0.3) is 5.91 Å². The standard InChI is InChI=1S/C20H22N6O2/c1-24(2)18-12-21-13-19(23-18)28-17-7-10-25(14-17)20(27)15-5-3-6-16(11-15)26-9-4-8-22-26/h3-6,8-9,11-13,17H,7,10,14H2,1-2H3. The molecule has 1 aliphatic rings. The Hall–Kier alpha value is -3.42. The first-order chi connectivity index (χ1) is 13.6. The number of anilines is 1. The molecule has 2 aromatic heterocycles. The maximum atomic E-state index is 12.9. The number of benzene rings is 1. The van der Waals surface area contributed by atoms with Gasteiger partial charge in [0.05, 0.1) is 24.6 Å². The number of hydrogen-bond donors (Lipinski definition) is 0. The summed E-state index contributed by atoms with van der Waals surface area (Å²) in [5.74, 6) is 1.21. The van der Waals surface area contributed by atoms with Gasteiger partial charge in [0, 0.05) is 45.0 Å². The molecule has 3 heterocycles. The second-order valence-electron chi connectivity index (χ2n) is 6.89. The summed E-state index contributed by atoms with van der Waals surface area (Å²) in [6.07, 6.45) is 7.52. The molecule has 0 radical (unpaired) electrons. The van der Waals surface area contributed by atoms with Gasteiger partial charge in [0.1, 0.15) is 6.10 Å². The van der Waals surface area contributed by atoms with Gasteiger partial charge in [-0.15, -0.1) is 0 Å². The minimum Gasteiger partial charge on any atom is -0.471 e. The summed E-state index contributed by atoms with van der Waals surface area (Å²) in [6, 6.07) is 9.34. The quantitative estimate of drug-likeness (QED) is 0.676. The first-order valence-corrected chi connectivity index (χ1v) is 9.15. The highest BCUT2D eigenvalue weighted by Gasteiger charge is 2.29. The Balaban J connectivity index is 1.42. The van der Waals surface area contributed by atoms with Crippen LogP contribution in [0.2, 0.25) is 0 Å². The Labute approximate surface area is 163 Å². The van der Waals surface area contributed by atoms with Gasteiger partial charge >= 0.3 is 0 Å².